The molecule has 0 spiro atoms. The standard InChI is InChI=1S/C15H26N2O2S2/c1-10(2)8-16-9-12-6-5-7-13-14(12)17-15(20-13)11(3)21(4,18)19/h10-12,16H,5-9H2,1-4H3. The van der Waals surface area contributed by atoms with Gasteiger partial charge in [0, 0.05) is 23.6 Å². The minimum Gasteiger partial charge on any atom is -0.316 e. The normalized spacial score (nSPS) is 20.5. The van der Waals surface area contributed by atoms with E-state index in [9.17, 15) is 8.42 Å². The third-order valence-corrected chi connectivity index (χ3v) is 6.99. The monoisotopic (exact) mass is 330 g/mol. The highest BCUT2D eigenvalue weighted by Crippen LogP contribution is 2.37. The Morgan fingerprint density at radius 1 is 1.38 bits per heavy atom. The minimum atomic E-state index is -3.07. The van der Waals surface area contributed by atoms with Crippen LogP contribution in [-0.4, -0.2) is 32.7 Å². The maximum absolute atomic E-state index is 11.7. The summed E-state index contributed by atoms with van der Waals surface area (Å²) in [7, 11) is -3.07. The summed E-state index contributed by atoms with van der Waals surface area (Å²) in [5.41, 5.74) is 1.15. The Bertz CT molecular complexity index is 578. The third-order valence-electron chi connectivity index (χ3n) is 4.02. The molecular formula is C15H26N2O2S2. The Kier molecular flexibility index (Phi) is 5.43. The highest BCUT2D eigenvalue weighted by Gasteiger charge is 2.28. The number of nitrogens with one attached hydrogen (secondary N) is 1. The molecular weight excluding hydrogens is 304 g/mol. The van der Waals surface area contributed by atoms with Crippen LogP contribution in [0.1, 0.15) is 60.4 Å². The lowest BCUT2D eigenvalue weighted by Gasteiger charge is -2.22. The minimum absolute atomic E-state index is 0.435. The second-order valence-electron chi connectivity index (χ2n) is 6.47. The lowest BCUT2D eigenvalue weighted by atomic mass is 9.91. The summed E-state index contributed by atoms with van der Waals surface area (Å²) >= 11 is 1.60. The highest BCUT2D eigenvalue weighted by molar-refractivity contribution is 7.91. The summed E-state index contributed by atoms with van der Waals surface area (Å²) in [6.45, 7) is 8.11. The Hall–Kier alpha value is -0.460. The van der Waals surface area contributed by atoms with Crippen molar-refractivity contribution in [2.45, 2.75) is 51.2 Å². The second kappa shape index (κ2) is 6.75. The third kappa shape index (κ3) is 4.27. The molecule has 0 aliphatic heterocycles. The molecule has 2 rings (SSSR count). The summed E-state index contributed by atoms with van der Waals surface area (Å²) in [5.74, 6) is 1.08. The van der Waals surface area contributed by atoms with Gasteiger partial charge in [-0.25, -0.2) is 13.4 Å². The Morgan fingerprint density at radius 3 is 2.71 bits per heavy atom. The van der Waals surface area contributed by atoms with Crippen molar-refractivity contribution in [3.05, 3.63) is 15.6 Å². The van der Waals surface area contributed by atoms with Crippen molar-refractivity contribution in [2.24, 2.45) is 5.92 Å². The lowest BCUT2D eigenvalue weighted by molar-refractivity contribution is 0.472. The first-order valence-corrected chi connectivity index (χ1v) is 10.4. The predicted octanol–water partition coefficient (Wildman–Crippen LogP) is 2.91. The van der Waals surface area contributed by atoms with Crippen molar-refractivity contribution in [1.82, 2.24) is 10.3 Å². The van der Waals surface area contributed by atoms with Gasteiger partial charge in [-0.1, -0.05) is 13.8 Å². The Balaban J connectivity index is 2.14. The van der Waals surface area contributed by atoms with Crippen LogP contribution < -0.4 is 5.32 Å². The van der Waals surface area contributed by atoms with E-state index in [4.69, 9.17) is 4.98 Å². The summed E-state index contributed by atoms with van der Waals surface area (Å²) in [4.78, 5) is 5.99. The van der Waals surface area contributed by atoms with Crippen molar-refractivity contribution < 1.29 is 8.42 Å². The van der Waals surface area contributed by atoms with Crippen molar-refractivity contribution >= 4 is 21.2 Å². The number of hydrogen-bond donors (Lipinski definition) is 1. The van der Waals surface area contributed by atoms with E-state index in [1.54, 1.807) is 18.3 Å². The first kappa shape index (κ1) is 16.9. The fraction of sp³-hybridized carbons (Fsp3) is 0.800. The number of aryl methyl sites for hydroxylation is 1. The molecule has 1 aromatic rings. The number of fused-ring (bicyclic) bond motifs is 1. The smallest absolute Gasteiger partial charge is 0.156 e. The molecule has 0 amide bonds. The number of nitrogens with zero attached hydrogens (tertiary/aromatic N) is 1. The number of sulfone groups is 1. The van der Waals surface area contributed by atoms with Crippen LogP contribution in [-0.2, 0) is 16.3 Å². The van der Waals surface area contributed by atoms with E-state index in [1.165, 1.54) is 17.6 Å². The molecule has 4 nitrogen and oxygen atoms in total. The van der Waals surface area contributed by atoms with Gasteiger partial charge >= 0.3 is 0 Å². The van der Waals surface area contributed by atoms with Crippen LogP contribution in [0.2, 0.25) is 0 Å². The van der Waals surface area contributed by atoms with Crippen molar-refractivity contribution in [2.75, 3.05) is 19.3 Å². The number of rotatable bonds is 6. The summed E-state index contributed by atoms with van der Waals surface area (Å²) in [5, 5.41) is 3.78. The maximum Gasteiger partial charge on any atom is 0.156 e. The summed E-state index contributed by atoms with van der Waals surface area (Å²) < 4.78 is 23.5. The van der Waals surface area contributed by atoms with Crippen molar-refractivity contribution in [3.8, 4) is 0 Å². The van der Waals surface area contributed by atoms with Gasteiger partial charge < -0.3 is 5.32 Å². The number of aromatic nitrogens is 1. The molecule has 0 bridgehead atoms. The molecule has 120 valence electrons. The van der Waals surface area contributed by atoms with Gasteiger partial charge in [0.25, 0.3) is 0 Å². The van der Waals surface area contributed by atoms with E-state index < -0.39 is 15.1 Å². The van der Waals surface area contributed by atoms with Crippen LogP contribution >= 0.6 is 11.3 Å². The van der Waals surface area contributed by atoms with Gasteiger partial charge in [0.1, 0.15) is 10.3 Å². The molecule has 1 N–H and O–H groups in total. The average Bonchev–Trinajstić information content (AvgIpc) is 2.80. The van der Waals surface area contributed by atoms with Crippen LogP contribution in [0, 0.1) is 5.92 Å². The molecule has 6 heteroatoms. The van der Waals surface area contributed by atoms with Crippen molar-refractivity contribution in [1.29, 1.82) is 0 Å². The molecule has 21 heavy (non-hydrogen) atoms. The van der Waals surface area contributed by atoms with Crippen LogP contribution in [0.4, 0.5) is 0 Å². The van der Waals surface area contributed by atoms with Crippen LogP contribution in [0.15, 0.2) is 0 Å². The van der Waals surface area contributed by atoms with Gasteiger partial charge in [0.05, 0.1) is 5.69 Å². The molecule has 0 saturated heterocycles. The summed E-state index contributed by atoms with van der Waals surface area (Å²) in [6.07, 6.45) is 4.66. The average molecular weight is 331 g/mol. The molecule has 1 aromatic heterocycles. The van der Waals surface area contributed by atoms with Gasteiger partial charge in [0.15, 0.2) is 9.84 Å². The van der Waals surface area contributed by atoms with Crippen LogP contribution in [0.5, 0.6) is 0 Å². The van der Waals surface area contributed by atoms with E-state index in [-0.39, 0.29) is 0 Å². The summed E-state index contributed by atoms with van der Waals surface area (Å²) in [6, 6.07) is 0. The van der Waals surface area contributed by atoms with E-state index in [2.05, 4.69) is 19.2 Å². The first-order valence-electron chi connectivity index (χ1n) is 7.68. The second-order valence-corrected chi connectivity index (χ2v) is 9.95. The Morgan fingerprint density at radius 2 is 2.10 bits per heavy atom. The topological polar surface area (TPSA) is 59.1 Å². The molecule has 2 atom stereocenters. The van der Waals surface area contributed by atoms with Gasteiger partial charge in [-0.15, -0.1) is 11.3 Å². The fourth-order valence-corrected chi connectivity index (χ4v) is 4.84. The predicted molar refractivity (Wildman–Crippen MR) is 88.8 cm³/mol. The van der Waals surface area contributed by atoms with Crippen LogP contribution in [0.3, 0.4) is 0 Å². The molecule has 2 unspecified atom stereocenters. The zero-order chi connectivity index (χ0) is 15.6. The van der Waals surface area contributed by atoms with E-state index in [0.29, 0.717) is 11.8 Å². The first-order chi connectivity index (χ1) is 9.79. The quantitative estimate of drug-likeness (QED) is 0.871. The largest absolute Gasteiger partial charge is 0.316 e. The van der Waals surface area contributed by atoms with Crippen LogP contribution in [0.25, 0.3) is 0 Å². The molecule has 1 aliphatic carbocycles. The van der Waals surface area contributed by atoms with Gasteiger partial charge in [-0.2, -0.15) is 0 Å². The molecule has 0 saturated carbocycles. The van der Waals surface area contributed by atoms with Gasteiger partial charge in [-0.3, -0.25) is 0 Å². The van der Waals surface area contributed by atoms with E-state index >= 15 is 0 Å². The van der Waals surface area contributed by atoms with Crippen molar-refractivity contribution in [3.63, 3.8) is 0 Å². The molecule has 0 radical (unpaired) electrons. The molecule has 1 heterocycles. The molecule has 1 aliphatic rings. The molecule has 0 aromatic carbocycles. The Labute approximate surface area is 132 Å². The lowest BCUT2D eigenvalue weighted by Crippen LogP contribution is -2.27. The highest BCUT2D eigenvalue weighted by atomic mass is 32.2. The zero-order valence-corrected chi connectivity index (χ0v) is 15.0. The van der Waals surface area contributed by atoms with E-state index in [0.717, 1.165) is 36.6 Å². The fourth-order valence-electron chi connectivity index (χ4n) is 2.63. The number of hydrogen-bond acceptors (Lipinski definition) is 5. The SMILES string of the molecule is CC(C)CNCC1CCCc2sc(C(C)S(C)(=O)=O)nc21. The van der Waals surface area contributed by atoms with E-state index in [1.807, 2.05) is 0 Å². The maximum atomic E-state index is 11.7. The number of thiazole rings is 1. The van der Waals surface area contributed by atoms with Gasteiger partial charge in [-0.05, 0) is 38.6 Å². The zero-order valence-electron chi connectivity index (χ0n) is 13.3. The molecule has 0 fully saturated rings. The van der Waals surface area contributed by atoms with Gasteiger partial charge in [0.2, 0.25) is 0 Å².